The van der Waals surface area contributed by atoms with Crippen LogP contribution in [0.5, 0.6) is 11.5 Å². The highest BCUT2D eigenvalue weighted by Crippen LogP contribution is 2.30. The summed E-state index contributed by atoms with van der Waals surface area (Å²) in [6.45, 7) is 2.58. The van der Waals surface area contributed by atoms with Gasteiger partial charge in [-0.3, -0.25) is 4.79 Å². The number of hydrogen-bond donors (Lipinski definition) is 2. The molecule has 0 radical (unpaired) electrons. The lowest BCUT2D eigenvalue weighted by Crippen LogP contribution is -2.43. The van der Waals surface area contributed by atoms with E-state index in [1.807, 2.05) is 0 Å². The predicted octanol–water partition coefficient (Wildman–Crippen LogP) is 0.944. The molecule has 2 rings (SSSR count). The lowest BCUT2D eigenvalue weighted by Gasteiger charge is -2.26. The average molecular weight is 359 g/mol. The van der Waals surface area contributed by atoms with Gasteiger partial charge in [0.25, 0.3) is 5.91 Å². The quantitative estimate of drug-likeness (QED) is 0.673. The van der Waals surface area contributed by atoms with E-state index in [9.17, 15) is 9.90 Å². The van der Waals surface area contributed by atoms with Crippen molar-refractivity contribution in [2.45, 2.75) is 6.10 Å². The molecule has 0 saturated carbocycles. The zero-order valence-corrected chi connectivity index (χ0v) is 14.4. The van der Waals surface area contributed by atoms with Crippen molar-refractivity contribution in [2.75, 3.05) is 57.8 Å². The van der Waals surface area contributed by atoms with Crippen molar-refractivity contribution in [2.24, 2.45) is 0 Å². The van der Waals surface area contributed by atoms with Gasteiger partial charge in [-0.2, -0.15) is 0 Å². The molecule has 134 valence electrons. The number of hydrogen-bond acceptors (Lipinski definition) is 6. The number of halogens is 1. The van der Waals surface area contributed by atoms with Gasteiger partial charge in [-0.1, -0.05) is 0 Å². The summed E-state index contributed by atoms with van der Waals surface area (Å²) in [4.78, 5) is 13.8. The SMILES string of the molecule is COc1cc(NCC(O)CCl)ccc1OCC(=O)N1CCOCC1. The minimum absolute atomic E-state index is 0.0475. The van der Waals surface area contributed by atoms with Crippen LogP contribution in [-0.2, 0) is 9.53 Å². The van der Waals surface area contributed by atoms with E-state index in [0.29, 0.717) is 44.3 Å². The Hall–Kier alpha value is -1.70. The molecule has 1 atom stereocenters. The Labute approximate surface area is 146 Å². The number of nitrogens with one attached hydrogen (secondary N) is 1. The molecular formula is C16H23ClN2O5. The number of amides is 1. The van der Waals surface area contributed by atoms with Gasteiger partial charge in [0.05, 0.1) is 32.3 Å². The van der Waals surface area contributed by atoms with Crippen molar-refractivity contribution in [1.82, 2.24) is 4.90 Å². The minimum Gasteiger partial charge on any atom is -0.493 e. The topological polar surface area (TPSA) is 80.3 Å². The largest absolute Gasteiger partial charge is 0.493 e. The zero-order valence-electron chi connectivity index (χ0n) is 13.7. The summed E-state index contributed by atoms with van der Waals surface area (Å²) in [6, 6.07) is 5.26. The van der Waals surface area contributed by atoms with E-state index >= 15 is 0 Å². The summed E-state index contributed by atoms with van der Waals surface area (Å²) < 4.78 is 16.1. The number of morpholine rings is 1. The van der Waals surface area contributed by atoms with Gasteiger partial charge in [-0.05, 0) is 12.1 Å². The molecule has 1 aromatic rings. The van der Waals surface area contributed by atoms with Crippen LogP contribution >= 0.6 is 11.6 Å². The molecule has 1 saturated heterocycles. The number of aliphatic hydroxyl groups excluding tert-OH is 1. The molecule has 1 fully saturated rings. The molecule has 0 aromatic heterocycles. The summed E-state index contributed by atoms with van der Waals surface area (Å²) >= 11 is 5.56. The maximum absolute atomic E-state index is 12.1. The van der Waals surface area contributed by atoms with Crippen LogP contribution in [0.15, 0.2) is 18.2 Å². The standard InChI is InChI=1S/C16H23ClN2O5/c1-22-15-8-12(18-10-13(20)9-17)2-3-14(15)24-11-16(21)19-4-6-23-7-5-19/h2-3,8,13,18,20H,4-7,9-11H2,1H3. The molecule has 1 heterocycles. The highest BCUT2D eigenvalue weighted by atomic mass is 35.5. The third kappa shape index (κ3) is 5.43. The van der Waals surface area contributed by atoms with Crippen LogP contribution in [0, 0.1) is 0 Å². The molecule has 0 bridgehead atoms. The molecule has 0 spiro atoms. The fraction of sp³-hybridized carbons (Fsp3) is 0.562. The van der Waals surface area contributed by atoms with E-state index in [4.69, 9.17) is 25.8 Å². The zero-order chi connectivity index (χ0) is 17.4. The number of alkyl halides is 1. The number of rotatable bonds is 8. The first-order valence-electron chi connectivity index (χ1n) is 7.78. The maximum atomic E-state index is 12.1. The third-order valence-electron chi connectivity index (χ3n) is 3.60. The first kappa shape index (κ1) is 18.6. The molecule has 24 heavy (non-hydrogen) atoms. The summed E-state index contributed by atoms with van der Waals surface area (Å²) in [5.41, 5.74) is 0.767. The minimum atomic E-state index is -0.625. The van der Waals surface area contributed by atoms with Crippen LogP contribution in [0.2, 0.25) is 0 Å². The van der Waals surface area contributed by atoms with Crippen LogP contribution in [-0.4, -0.2) is 74.5 Å². The number of benzene rings is 1. The lowest BCUT2D eigenvalue weighted by atomic mass is 10.2. The van der Waals surface area contributed by atoms with E-state index < -0.39 is 6.10 Å². The third-order valence-corrected chi connectivity index (χ3v) is 3.95. The van der Waals surface area contributed by atoms with Crippen LogP contribution < -0.4 is 14.8 Å². The molecule has 1 aliphatic rings. The first-order chi connectivity index (χ1) is 11.6. The molecule has 8 heteroatoms. The van der Waals surface area contributed by atoms with E-state index in [1.165, 1.54) is 7.11 Å². The Morgan fingerprint density at radius 2 is 2.17 bits per heavy atom. The number of anilines is 1. The molecular weight excluding hydrogens is 336 g/mol. The van der Waals surface area contributed by atoms with Gasteiger partial charge in [-0.15, -0.1) is 11.6 Å². The van der Waals surface area contributed by atoms with Gasteiger partial charge in [0.15, 0.2) is 18.1 Å². The van der Waals surface area contributed by atoms with Crippen LogP contribution in [0.4, 0.5) is 5.69 Å². The number of ether oxygens (including phenoxy) is 3. The second kappa shape index (κ2) is 9.56. The van der Waals surface area contributed by atoms with Gasteiger partial charge in [0.2, 0.25) is 0 Å². The molecule has 2 N–H and O–H groups in total. The molecule has 1 aliphatic heterocycles. The van der Waals surface area contributed by atoms with Crippen LogP contribution in [0.1, 0.15) is 0 Å². The van der Waals surface area contributed by atoms with Gasteiger partial charge in [0.1, 0.15) is 0 Å². The van der Waals surface area contributed by atoms with Gasteiger partial charge in [0, 0.05) is 31.4 Å². The Morgan fingerprint density at radius 3 is 2.83 bits per heavy atom. The Morgan fingerprint density at radius 1 is 1.42 bits per heavy atom. The molecule has 1 amide bonds. The monoisotopic (exact) mass is 358 g/mol. The van der Waals surface area contributed by atoms with E-state index in [0.717, 1.165) is 5.69 Å². The normalized spacial score (nSPS) is 15.7. The highest BCUT2D eigenvalue weighted by Gasteiger charge is 2.18. The number of carbonyl (C=O) groups is 1. The van der Waals surface area contributed by atoms with Crippen molar-refractivity contribution in [3.05, 3.63) is 18.2 Å². The fourth-order valence-corrected chi connectivity index (χ4v) is 2.34. The summed E-state index contributed by atoms with van der Waals surface area (Å²) in [6.07, 6.45) is -0.625. The fourth-order valence-electron chi connectivity index (χ4n) is 2.23. The molecule has 0 aliphatic carbocycles. The second-order valence-electron chi connectivity index (χ2n) is 5.34. The lowest BCUT2D eigenvalue weighted by molar-refractivity contribution is -0.137. The number of methoxy groups -OCH3 is 1. The highest BCUT2D eigenvalue weighted by molar-refractivity contribution is 6.18. The van der Waals surface area contributed by atoms with E-state index in [2.05, 4.69) is 5.32 Å². The van der Waals surface area contributed by atoms with Crippen LogP contribution in [0.25, 0.3) is 0 Å². The van der Waals surface area contributed by atoms with Gasteiger partial charge in [-0.25, -0.2) is 0 Å². The molecule has 7 nitrogen and oxygen atoms in total. The van der Waals surface area contributed by atoms with Crippen LogP contribution in [0.3, 0.4) is 0 Å². The Balaban J connectivity index is 1.90. The number of nitrogens with zero attached hydrogens (tertiary/aromatic N) is 1. The number of aliphatic hydroxyl groups is 1. The molecule has 1 unspecified atom stereocenters. The Kier molecular flexibility index (Phi) is 7.42. The van der Waals surface area contributed by atoms with Crippen molar-refractivity contribution >= 4 is 23.2 Å². The number of carbonyl (C=O) groups excluding carboxylic acids is 1. The predicted molar refractivity (Wildman–Crippen MR) is 91.1 cm³/mol. The maximum Gasteiger partial charge on any atom is 0.260 e. The van der Waals surface area contributed by atoms with E-state index in [-0.39, 0.29) is 18.4 Å². The second-order valence-corrected chi connectivity index (χ2v) is 5.65. The van der Waals surface area contributed by atoms with Crippen molar-refractivity contribution < 1.29 is 24.1 Å². The first-order valence-corrected chi connectivity index (χ1v) is 8.31. The van der Waals surface area contributed by atoms with Crippen molar-refractivity contribution in [3.8, 4) is 11.5 Å². The molecule has 1 aromatic carbocycles. The summed E-state index contributed by atoms with van der Waals surface area (Å²) in [5.74, 6) is 1.08. The van der Waals surface area contributed by atoms with Gasteiger partial charge >= 0.3 is 0 Å². The summed E-state index contributed by atoms with van der Waals surface area (Å²) in [5, 5.41) is 12.5. The smallest absolute Gasteiger partial charge is 0.260 e. The van der Waals surface area contributed by atoms with Crippen molar-refractivity contribution in [3.63, 3.8) is 0 Å². The summed E-state index contributed by atoms with van der Waals surface area (Å²) in [7, 11) is 1.53. The van der Waals surface area contributed by atoms with E-state index in [1.54, 1.807) is 23.1 Å². The Bertz CT molecular complexity index is 537. The van der Waals surface area contributed by atoms with Gasteiger partial charge < -0.3 is 29.5 Å². The van der Waals surface area contributed by atoms with Crippen molar-refractivity contribution in [1.29, 1.82) is 0 Å². The average Bonchev–Trinajstić information content (AvgIpc) is 2.64.